The molecule has 0 aliphatic rings. The molecule has 0 amide bonds. The minimum atomic E-state index is 0.361. The summed E-state index contributed by atoms with van der Waals surface area (Å²) in [5.41, 5.74) is 2.35. The molecule has 1 heterocycles. The van der Waals surface area contributed by atoms with Gasteiger partial charge < -0.3 is 4.74 Å². The van der Waals surface area contributed by atoms with E-state index in [1.165, 1.54) is 0 Å². The molecule has 0 atom stereocenters. The normalized spacial score (nSPS) is 9.83. The first-order chi connectivity index (χ1) is 8.69. The standard InChI is InChI=1S/C14H11ClN2O/c1-10-2-3-14(13(15)6-10)18-9-11-4-5-17-12(7-11)8-16/h2-7H,9H2,1H3. The van der Waals surface area contributed by atoms with Crippen molar-refractivity contribution in [3.8, 4) is 11.8 Å². The lowest BCUT2D eigenvalue weighted by Gasteiger charge is -2.08. The number of hydrogen-bond acceptors (Lipinski definition) is 3. The second kappa shape index (κ2) is 5.52. The van der Waals surface area contributed by atoms with Gasteiger partial charge in [0.05, 0.1) is 5.02 Å². The molecule has 0 bridgehead atoms. The van der Waals surface area contributed by atoms with Crippen molar-refractivity contribution in [3.05, 3.63) is 58.4 Å². The summed E-state index contributed by atoms with van der Waals surface area (Å²) in [6.07, 6.45) is 1.59. The summed E-state index contributed by atoms with van der Waals surface area (Å²) < 4.78 is 5.61. The Bertz CT molecular complexity index is 605. The number of nitriles is 1. The average Bonchev–Trinajstić information content (AvgIpc) is 2.38. The van der Waals surface area contributed by atoms with Gasteiger partial charge in [-0.05, 0) is 42.3 Å². The maximum atomic E-state index is 8.75. The first-order valence-electron chi connectivity index (χ1n) is 5.43. The van der Waals surface area contributed by atoms with E-state index in [0.717, 1.165) is 11.1 Å². The molecule has 0 saturated heterocycles. The van der Waals surface area contributed by atoms with Crippen molar-refractivity contribution in [1.82, 2.24) is 4.98 Å². The molecule has 0 radical (unpaired) electrons. The van der Waals surface area contributed by atoms with E-state index in [4.69, 9.17) is 21.6 Å². The molecule has 1 aromatic carbocycles. The van der Waals surface area contributed by atoms with Gasteiger partial charge in [0.1, 0.15) is 24.1 Å². The number of aryl methyl sites for hydroxylation is 1. The maximum Gasteiger partial charge on any atom is 0.140 e. The van der Waals surface area contributed by atoms with Crippen molar-refractivity contribution < 1.29 is 4.74 Å². The summed E-state index contributed by atoms with van der Waals surface area (Å²) in [6, 6.07) is 11.1. The van der Waals surface area contributed by atoms with Crippen LogP contribution in [0.4, 0.5) is 0 Å². The van der Waals surface area contributed by atoms with Crippen molar-refractivity contribution >= 4 is 11.6 Å². The molecular formula is C14H11ClN2O. The fraction of sp³-hybridized carbons (Fsp3) is 0.143. The Hall–Kier alpha value is -2.05. The third-order valence-corrected chi connectivity index (χ3v) is 2.72. The zero-order valence-corrected chi connectivity index (χ0v) is 10.6. The number of aromatic nitrogens is 1. The van der Waals surface area contributed by atoms with E-state index in [0.29, 0.717) is 23.1 Å². The molecule has 0 aliphatic carbocycles. The Balaban J connectivity index is 2.09. The highest BCUT2D eigenvalue weighted by molar-refractivity contribution is 6.32. The highest BCUT2D eigenvalue weighted by Gasteiger charge is 2.03. The summed E-state index contributed by atoms with van der Waals surface area (Å²) in [6.45, 7) is 2.33. The molecule has 2 aromatic rings. The first kappa shape index (κ1) is 12.4. The molecule has 0 N–H and O–H groups in total. The van der Waals surface area contributed by atoms with Crippen molar-refractivity contribution in [1.29, 1.82) is 5.26 Å². The predicted molar refractivity (Wildman–Crippen MR) is 69.5 cm³/mol. The Kier molecular flexibility index (Phi) is 3.81. The quantitative estimate of drug-likeness (QED) is 0.847. The minimum Gasteiger partial charge on any atom is -0.487 e. The highest BCUT2D eigenvalue weighted by Crippen LogP contribution is 2.25. The summed E-state index contributed by atoms with van der Waals surface area (Å²) in [7, 11) is 0. The van der Waals surface area contributed by atoms with Gasteiger partial charge in [-0.15, -0.1) is 0 Å². The van der Waals surface area contributed by atoms with E-state index < -0.39 is 0 Å². The monoisotopic (exact) mass is 258 g/mol. The lowest BCUT2D eigenvalue weighted by Crippen LogP contribution is -1.97. The number of nitrogens with zero attached hydrogens (tertiary/aromatic N) is 2. The smallest absolute Gasteiger partial charge is 0.140 e. The summed E-state index contributed by atoms with van der Waals surface area (Å²) in [5, 5.41) is 9.34. The van der Waals surface area contributed by atoms with Crippen molar-refractivity contribution in [3.63, 3.8) is 0 Å². The number of rotatable bonds is 3. The molecular weight excluding hydrogens is 248 g/mol. The Morgan fingerprint density at radius 2 is 2.17 bits per heavy atom. The van der Waals surface area contributed by atoms with Crippen LogP contribution in [-0.4, -0.2) is 4.98 Å². The Labute approximate surface area is 111 Å². The van der Waals surface area contributed by atoms with Gasteiger partial charge in [0.25, 0.3) is 0 Å². The zero-order valence-electron chi connectivity index (χ0n) is 9.85. The lowest BCUT2D eigenvalue weighted by atomic mass is 10.2. The molecule has 0 fully saturated rings. The van der Waals surface area contributed by atoms with Crippen LogP contribution in [0.3, 0.4) is 0 Å². The van der Waals surface area contributed by atoms with Gasteiger partial charge >= 0.3 is 0 Å². The van der Waals surface area contributed by atoms with Crippen LogP contribution in [0.2, 0.25) is 5.02 Å². The van der Waals surface area contributed by atoms with Gasteiger partial charge in [-0.25, -0.2) is 4.98 Å². The number of hydrogen-bond donors (Lipinski definition) is 0. The molecule has 0 spiro atoms. The maximum absolute atomic E-state index is 8.75. The summed E-state index contributed by atoms with van der Waals surface area (Å²) in [5.74, 6) is 0.637. The van der Waals surface area contributed by atoms with Crippen LogP contribution in [0, 0.1) is 18.3 Å². The van der Waals surface area contributed by atoms with Crippen LogP contribution in [-0.2, 0) is 6.61 Å². The van der Waals surface area contributed by atoms with Crippen LogP contribution in [0.25, 0.3) is 0 Å². The number of ether oxygens (including phenoxy) is 1. The van der Waals surface area contributed by atoms with Gasteiger partial charge in [-0.3, -0.25) is 0 Å². The molecule has 2 rings (SSSR count). The van der Waals surface area contributed by atoms with E-state index in [9.17, 15) is 0 Å². The van der Waals surface area contributed by atoms with Gasteiger partial charge in [0.15, 0.2) is 0 Å². The predicted octanol–water partition coefficient (Wildman–Crippen LogP) is 3.49. The zero-order chi connectivity index (χ0) is 13.0. The molecule has 18 heavy (non-hydrogen) atoms. The Morgan fingerprint density at radius 3 is 2.89 bits per heavy atom. The molecule has 3 nitrogen and oxygen atoms in total. The van der Waals surface area contributed by atoms with Crippen LogP contribution in [0.15, 0.2) is 36.5 Å². The van der Waals surface area contributed by atoms with E-state index in [1.807, 2.05) is 37.3 Å². The third-order valence-electron chi connectivity index (χ3n) is 2.42. The average molecular weight is 259 g/mol. The molecule has 1 aromatic heterocycles. The lowest BCUT2D eigenvalue weighted by molar-refractivity contribution is 0.306. The van der Waals surface area contributed by atoms with Crippen LogP contribution in [0.5, 0.6) is 5.75 Å². The van der Waals surface area contributed by atoms with E-state index in [2.05, 4.69) is 4.98 Å². The van der Waals surface area contributed by atoms with E-state index in [1.54, 1.807) is 12.3 Å². The number of benzene rings is 1. The van der Waals surface area contributed by atoms with Crippen LogP contribution >= 0.6 is 11.6 Å². The highest BCUT2D eigenvalue weighted by atomic mass is 35.5. The van der Waals surface area contributed by atoms with Gasteiger partial charge in [0, 0.05) is 6.20 Å². The van der Waals surface area contributed by atoms with Crippen LogP contribution < -0.4 is 4.74 Å². The Morgan fingerprint density at radius 1 is 1.33 bits per heavy atom. The van der Waals surface area contributed by atoms with Gasteiger partial charge in [-0.1, -0.05) is 17.7 Å². The van der Waals surface area contributed by atoms with Gasteiger partial charge in [-0.2, -0.15) is 5.26 Å². The van der Waals surface area contributed by atoms with Crippen molar-refractivity contribution in [2.75, 3.05) is 0 Å². The molecule has 0 aliphatic heterocycles. The SMILES string of the molecule is Cc1ccc(OCc2ccnc(C#N)c2)c(Cl)c1. The summed E-state index contributed by atoms with van der Waals surface area (Å²) >= 11 is 6.06. The molecule has 0 unspecified atom stereocenters. The molecule has 90 valence electrons. The second-order valence-electron chi connectivity index (χ2n) is 3.88. The molecule has 0 saturated carbocycles. The number of halogens is 1. The number of pyridine rings is 1. The fourth-order valence-electron chi connectivity index (χ4n) is 1.51. The second-order valence-corrected chi connectivity index (χ2v) is 4.29. The first-order valence-corrected chi connectivity index (χ1v) is 5.81. The minimum absolute atomic E-state index is 0.361. The summed E-state index contributed by atoms with van der Waals surface area (Å²) in [4.78, 5) is 3.90. The topological polar surface area (TPSA) is 45.9 Å². The largest absolute Gasteiger partial charge is 0.487 e. The van der Waals surface area contributed by atoms with Crippen molar-refractivity contribution in [2.45, 2.75) is 13.5 Å². The van der Waals surface area contributed by atoms with E-state index in [-0.39, 0.29) is 0 Å². The fourth-order valence-corrected chi connectivity index (χ4v) is 1.80. The van der Waals surface area contributed by atoms with E-state index >= 15 is 0 Å². The van der Waals surface area contributed by atoms with Crippen molar-refractivity contribution in [2.24, 2.45) is 0 Å². The van der Waals surface area contributed by atoms with Gasteiger partial charge in [0.2, 0.25) is 0 Å². The molecule has 4 heteroatoms. The third kappa shape index (κ3) is 2.99. The van der Waals surface area contributed by atoms with Crippen LogP contribution in [0.1, 0.15) is 16.8 Å².